The first-order valence-corrected chi connectivity index (χ1v) is 4.95. The van der Waals surface area contributed by atoms with E-state index in [1.165, 1.54) is 0 Å². The summed E-state index contributed by atoms with van der Waals surface area (Å²) in [5.74, 6) is 0. The van der Waals surface area contributed by atoms with Crippen LogP contribution in [0.2, 0.25) is 0 Å². The van der Waals surface area contributed by atoms with Crippen molar-refractivity contribution in [1.82, 2.24) is 9.78 Å². The molecular formula is C12H12N4. The van der Waals surface area contributed by atoms with Gasteiger partial charge in [-0.3, -0.25) is 0 Å². The monoisotopic (exact) mass is 212 g/mol. The smallest absolute Gasteiger partial charge is 0.0992 e. The van der Waals surface area contributed by atoms with Crippen molar-refractivity contribution in [2.45, 2.75) is 13.8 Å². The van der Waals surface area contributed by atoms with Gasteiger partial charge in [0.1, 0.15) is 0 Å². The van der Waals surface area contributed by atoms with Crippen molar-refractivity contribution in [2.24, 2.45) is 0 Å². The van der Waals surface area contributed by atoms with Crippen molar-refractivity contribution in [3.63, 3.8) is 0 Å². The number of aromatic nitrogens is 2. The second kappa shape index (κ2) is 3.70. The quantitative estimate of drug-likeness (QED) is 0.734. The molecule has 0 amide bonds. The minimum atomic E-state index is 0.558. The molecule has 2 rings (SSSR count). The fourth-order valence-electron chi connectivity index (χ4n) is 1.69. The van der Waals surface area contributed by atoms with Crippen LogP contribution in [0.1, 0.15) is 17.0 Å². The molecule has 0 saturated carbocycles. The zero-order chi connectivity index (χ0) is 11.7. The number of aryl methyl sites for hydroxylation is 2. The van der Waals surface area contributed by atoms with E-state index in [1.54, 1.807) is 16.8 Å². The lowest BCUT2D eigenvalue weighted by molar-refractivity contribution is 0.835. The molecule has 0 saturated heterocycles. The minimum absolute atomic E-state index is 0.558. The Morgan fingerprint density at radius 2 is 2.06 bits per heavy atom. The van der Waals surface area contributed by atoms with E-state index in [4.69, 9.17) is 11.0 Å². The van der Waals surface area contributed by atoms with Gasteiger partial charge in [-0.05, 0) is 38.1 Å². The molecule has 0 atom stereocenters. The predicted octanol–water partition coefficient (Wildman–Crippen LogP) is 1.94. The van der Waals surface area contributed by atoms with Crippen LogP contribution in [-0.4, -0.2) is 9.78 Å². The minimum Gasteiger partial charge on any atom is -0.397 e. The molecule has 0 aliphatic rings. The van der Waals surface area contributed by atoms with E-state index in [0.717, 1.165) is 17.1 Å². The Morgan fingerprint density at radius 1 is 1.31 bits per heavy atom. The van der Waals surface area contributed by atoms with Crippen LogP contribution >= 0.6 is 0 Å². The molecule has 80 valence electrons. The lowest BCUT2D eigenvalue weighted by Crippen LogP contribution is -2.03. The first-order chi connectivity index (χ1) is 7.61. The summed E-state index contributed by atoms with van der Waals surface area (Å²) in [6.45, 7) is 3.90. The van der Waals surface area contributed by atoms with Crippen LogP contribution in [0.5, 0.6) is 0 Å². The second-order valence-electron chi connectivity index (χ2n) is 3.72. The number of nitrogens with zero attached hydrogens (tertiary/aromatic N) is 3. The summed E-state index contributed by atoms with van der Waals surface area (Å²) in [4.78, 5) is 0. The highest BCUT2D eigenvalue weighted by molar-refractivity contribution is 5.61. The Bertz CT molecular complexity index is 575. The second-order valence-corrected chi connectivity index (χ2v) is 3.72. The summed E-state index contributed by atoms with van der Waals surface area (Å²) in [6.07, 6.45) is 0. The number of nitrogen functional groups attached to an aromatic ring is 1. The maximum Gasteiger partial charge on any atom is 0.0992 e. The largest absolute Gasteiger partial charge is 0.397 e. The number of anilines is 1. The average Bonchev–Trinajstić information content (AvgIpc) is 2.57. The van der Waals surface area contributed by atoms with Crippen LogP contribution in [0.25, 0.3) is 5.69 Å². The lowest BCUT2D eigenvalue weighted by Gasteiger charge is -2.07. The highest BCUT2D eigenvalue weighted by Crippen LogP contribution is 2.20. The van der Waals surface area contributed by atoms with E-state index >= 15 is 0 Å². The van der Waals surface area contributed by atoms with E-state index in [1.807, 2.05) is 26.0 Å². The zero-order valence-electron chi connectivity index (χ0n) is 9.23. The number of nitriles is 1. The molecule has 0 spiro atoms. The summed E-state index contributed by atoms with van der Waals surface area (Å²) < 4.78 is 1.78. The van der Waals surface area contributed by atoms with Gasteiger partial charge in [0.2, 0.25) is 0 Å². The Balaban J connectivity index is 2.57. The molecule has 0 unspecified atom stereocenters. The van der Waals surface area contributed by atoms with Gasteiger partial charge in [-0.25, -0.2) is 4.68 Å². The van der Waals surface area contributed by atoms with E-state index in [9.17, 15) is 0 Å². The fourth-order valence-corrected chi connectivity index (χ4v) is 1.69. The summed E-state index contributed by atoms with van der Waals surface area (Å²) in [5, 5.41) is 13.1. The van der Waals surface area contributed by atoms with Crippen molar-refractivity contribution < 1.29 is 0 Å². The standard InChI is InChI=1S/C12H12N4/c1-8-5-9(2)16(15-8)12-4-3-10(7-13)6-11(12)14/h3-6H,14H2,1-2H3. The Labute approximate surface area is 93.9 Å². The number of rotatable bonds is 1. The Morgan fingerprint density at radius 3 is 2.56 bits per heavy atom. The number of nitrogens with two attached hydrogens (primary N) is 1. The van der Waals surface area contributed by atoms with Crippen LogP contribution in [0.3, 0.4) is 0 Å². The Kier molecular flexibility index (Phi) is 2.37. The van der Waals surface area contributed by atoms with Crippen molar-refractivity contribution in [1.29, 1.82) is 5.26 Å². The number of benzene rings is 1. The third-order valence-corrected chi connectivity index (χ3v) is 2.39. The van der Waals surface area contributed by atoms with Gasteiger partial charge in [-0.15, -0.1) is 0 Å². The SMILES string of the molecule is Cc1cc(C)n(-c2ccc(C#N)cc2N)n1. The van der Waals surface area contributed by atoms with Crippen LogP contribution < -0.4 is 5.73 Å². The van der Waals surface area contributed by atoms with Gasteiger partial charge in [-0.1, -0.05) is 0 Å². The van der Waals surface area contributed by atoms with Crippen molar-refractivity contribution in [2.75, 3.05) is 5.73 Å². The summed E-state index contributed by atoms with van der Waals surface area (Å²) in [6, 6.07) is 9.25. The van der Waals surface area contributed by atoms with E-state index < -0.39 is 0 Å². The number of hydrogen-bond acceptors (Lipinski definition) is 3. The molecule has 4 nitrogen and oxygen atoms in total. The third kappa shape index (κ3) is 1.63. The Hall–Kier alpha value is -2.28. The molecule has 2 aromatic rings. The van der Waals surface area contributed by atoms with Crippen LogP contribution in [0, 0.1) is 25.2 Å². The summed E-state index contributed by atoms with van der Waals surface area (Å²) in [7, 11) is 0. The predicted molar refractivity (Wildman–Crippen MR) is 62.2 cm³/mol. The van der Waals surface area contributed by atoms with Gasteiger partial charge in [0.05, 0.1) is 28.7 Å². The maximum absolute atomic E-state index is 8.75. The van der Waals surface area contributed by atoms with Gasteiger partial charge in [0.25, 0.3) is 0 Å². The molecule has 0 bridgehead atoms. The molecule has 1 heterocycles. The number of hydrogen-bond donors (Lipinski definition) is 1. The molecule has 1 aromatic carbocycles. The van der Waals surface area contributed by atoms with Crippen LogP contribution in [-0.2, 0) is 0 Å². The van der Waals surface area contributed by atoms with Crippen molar-refractivity contribution in [3.05, 3.63) is 41.2 Å². The summed E-state index contributed by atoms with van der Waals surface area (Å²) >= 11 is 0. The third-order valence-electron chi connectivity index (χ3n) is 2.39. The van der Waals surface area contributed by atoms with Gasteiger partial charge < -0.3 is 5.73 Å². The highest BCUT2D eigenvalue weighted by Gasteiger charge is 2.07. The molecule has 1 aromatic heterocycles. The topological polar surface area (TPSA) is 67.6 Å². The van der Waals surface area contributed by atoms with Gasteiger partial charge in [0, 0.05) is 5.69 Å². The average molecular weight is 212 g/mol. The van der Waals surface area contributed by atoms with E-state index in [-0.39, 0.29) is 0 Å². The summed E-state index contributed by atoms with van der Waals surface area (Å²) in [5.41, 5.74) is 9.79. The molecule has 4 heteroatoms. The fraction of sp³-hybridized carbons (Fsp3) is 0.167. The van der Waals surface area contributed by atoms with Crippen LogP contribution in [0.15, 0.2) is 24.3 Å². The molecule has 0 fully saturated rings. The lowest BCUT2D eigenvalue weighted by atomic mass is 10.2. The highest BCUT2D eigenvalue weighted by atomic mass is 15.3. The molecule has 0 radical (unpaired) electrons. The maximum atomic E-state index is 8.75. The normalized spacial score (nSPS) is 10.1. The van der Waals surface area contributed by atoms with E-state index in [0.29, 0.717) is 11.3 Å². The van der Waals surface area contributed by atoms with Gasteiger partial charge >= 0.3 is 0 Å². The first-order valence-electron chi connectivity index (χ1n) is 4.95. The van der Waals surface area contributed by atoms with Crippen molar-refractivity contribution >= 4 is 5.69 Å². The molecular weight excluding hydrogens is 200 g/mol. The van der Waals surface area contributed by atoms with Gasteiger partial charge in [0.15, 0.2) is 0 Å². The van der Waals surface area contributed by atoms with Crippen LogP contribution in [0.4, 0.5) is 5.69 Å². The zero-order valence-corrected chi connectivity index (χ0v) is 9.23. The molecule has 0 aliphatic heterocycles. The van der Waals surface area contributed by atoms with Crippen molar-refractivity contribution in [3.8, 4) is 11.8 Å². The van der Waals surface area contributed by atoms with E-state index in [2.05, 4.69) is 11.2 Å². The molecule has 16 heavy (non-hydrogen) atoms. The molecule has 0 aliphatic carbocycles. The molecule has 2 N–H and O–H groups in total. The van der Waals surface area contributed by atoms with Gasteiger partial charge in [-0.2, -0.15) is 10.4 Å². The first kappa shape index (κ1) is 10.2.